The Morgan fingerprint density at radius 1 is 1.27 bits per heavy atom. The molecule has 1 saturated heterocycles. The van der Waals surface area contributed by atoms with Crippen molar-refractivity contribution < 1.29 is 13.9 Å². The molecule has 1 aromatic carbocycles. The minimum absolute atomic E-state index is 0.0473. The highest BCUT2D eigenvalue weighted by Gasteiger charge is 2.27. The summed E-state index contributed by atoms with van der Waals surface area (Å²) < 4.78 is 11.6. The zero-order valence-corrected chi connectivity index (χ0v) is 14.6. The van der Waals surface area contributed by atoms with E-state index in [4.69, 9.17) is 9.15 Å². The molecule has 2 unspecified atom stereocenters. The Morgan fingerprint density at radius 2 is 1.95 bits per heavy atom. The minimum atomic E-state index is 0.0473. The monoisotopic (exact) mass is 365 g/mol. The molecule has 2 atom stereocenters. The van der Waals surface area contributed by atoms with Gasteiger partial charge < -0.3 is 14.1 Å². The van der Waals surface area contributed by atoms with Gasteiger partial charge in [-0.3, -0.25) is 4.79 Å². The number of piperidine rings is 1. The van der Waals surface area contributed by atoms with Crippen molar-refractivity contribution in [1.29, 1.82) is 0 Å². The first kappa shape index (κ1) is 15.4. The molecule has 1 aliphatic rings. The van der Waals surface area contributed by atoms with Crippen LogP contribution in [0.15, 0.2) is 27.3 Å². The lowest BCUT2D eigenvalue weighted by Gasteiger charge is -2.35. The van der Waals surface area contributed by atoms with E-state index in [9.17, 15) is 4.79 Å². The number of ether oxygens (including phenoxy) is 1. The fraction of sp³-hybridized carbons (Fsp3) is 0.471. The van der Waals surface area contributed by atoms with Crippen molar-refractivity contribution in [1.82, 2.24) is 4.90 Å². The van der Waals surface area contributed by atoms with Crippen molar-refractivity contribution >= 4 is 32.8 Å². The van der Waals surface area contributed by atoms with E-state index in [1.165, 1.54) is 6.42 Å². The highest BCUT2D eigenvalue weighted by atomic mass is 79.9. The van der Waals surface area contributed by atoms with Gasteiger partial charge in [-0.1, -0.05) is 13.8 Å². The number of hydrogen-bond acceptors (Lipinski definition) is 3. The number of nitrogens with zero attached hydrogens (tertiary/aromatic N) is 1. The third kappa shape index (κ3) is 2.86. The second-order valence-electron chi connectivity index (χ2n) is 6.30. The summed E-state index contributed by atoms with van der Waals surface area (Å²) in [7, 11) is 1.61. The number of carbonyl (C=O) groups excluding carboxylic acids is 1. The third-order valence-corrected chi connectivity index (χ3v) is 4.58. The zero-order chi connectivity index (χ0) is 15.9. The molecule has 4 nitrogen and oxygen atoms in total. The van der Waals surface area contributed by atoms with Gasteiger partial charge in [0.25, 0.3) is 5.91 Å². The number of rotatable bonds is 2. The number of furan rings is 1. The number of benzene rings is 1. The highest BCUT2D eigenvalue weighted by molar-refractivity contribution is 9.10. The molecule has 118 valence electrons. The van der Waals surface area contributed by atoms with Gasteiger partial charge in [-0.25, -0.2) is 0 Å². The summed E-state index contributed by atoms with van der Waals surface area (Å²) in [6, 6.07) is 5.46. The lowest BCUT2D eigenvalue weighted by atomic mass is 9.91. The second-order valence-corrected chi connectivity index (χ2v) is 7.08. The van der Waals surface area contributed by atoms with Gasteiger partial charge in [0.15, 0.2) is 4.67 Å². The lowest BCUT2D eigenvalue weighted by molar-refractivity contribution is 0.0623. The van der Waals surface area contributed by atoms with Crippen molar-refractivity contribution in [3.63, 3.8) is 0 Å². The molecule has 1 aromatic heterocycles. The third-order valence-electron chi connectivity index (χ3n) is 4.19. The standard InChI is InChI=1S/C17H20BrNO3/c1-10-4-11(2)9-19(8-10)17(20)12-5-14(21-3)13-7-16(18)22-15(13)6-12/h5-7,10-11H,4,8-9H2,1-3H3. The predicted molar refractivity (Wildman–Crippen MR) is 89.3 cm³/mol. The van der Waals surface area contributed by atoms with Gasteiger partial charge in [0.05, 0.1) is 12.5 Å². The Hall–Kier alpha value is -1.49. The molecule has 0 aliphatic carbocycles. The maximum absolute atomic E-state index is 12.8. The summed E-state index contributed by atoms with van der Waals surface area (Å²) in [6.45, 7) is 6.02. The molecule has 0 spiro atoms. The van der Waals surface area contributed by atoms with Gasteiger partial charge >= 0.3 is 0 Å². The van der Waals surface area contributed by atoms with E-state index in [2.05, 4.69) is 29.8 Å². The van der Waals surface area contributed by atoms with Crippen molar-refractivity contribution in [3.8, 4) is 5.75 Å². The Bertz CT molecular complexity index is 699. The Kier molecular flexibility index (Phi) is 4.17. The number of amides is 1. The summed E-state index contributed by atoms with van der Waals surface area (Å²) in [5.41, 5.74) is 1.28. The first-order chi connectivity index (χ1) is 10.5. The van der Waals surface area contributed by atoms with Gasteiger partial charge in [0, 0.05) is 24.7 Å². The normalized spacial score (nSPS) is 22.1. The van der Waals surface area contributed by atoms with Crippen LogP contribution in [0.5, 0.6) is 5.75 Å². The Labute approximate surface area is 138 Å². The predicted octanol–water partition coefficient (Wildman–Crippen LogP) is 4.32. The number of hydrogen-bond donors (Lipinski definition) is 0. The minimum Gasteiger partial charge on any atom is -0.496 e. The number of likely N-dealkylation sites (tertiary alicyclic amines) is 1. The van der Waals surface area contributed by atoms with Gasteiger partial charge in [-0.05, 0) is 46.3 Å². The molecule has 2 aromatic rings. The van der Waals surface area contributed by atoms with Crippen LogP contribution in [0.2, 0.25) is 0 Å². The number of halogens is 1. The average molecular weight is 366 g/mol. The van der Waals surface area contributed by atoms with E-state index in [-0.39, 0.29) is 5.91 Å². The van der Waals surface area contributed by atoms with Crippen LogP contribution in [0.3, 0.4) is 0 Å². The number of carbonyl (C=O) groups is 1. The molecule has 0 bridgehead atoms. The summed E-state index contributed by atoms with van der Waals surface area (Å²) in [6.07, 6.45) is 1.18. The largest absolute Gasteiger partial charge is 0.496 e. The van der Waals surface area contributed by atoms with E-state index in [1.807, 2.05) is 11.0 Å². The van der Waals surface area contributed by atoms with Crippen molar-refractivity contribution in [3.05, 3.63) is 28.4 Å². The van der Waals surface area contributed by atoms with E-state index in [0.717, 1.165) is 18.5 Å². The van der Waals surface area contributed by atoms with Gasteiger partial charge in [0.2, 0.25) is 0 Å². The van der Waals surface area contributed by atoms with Crippen molar-refractivity contribution in [2.24, 2.45) is 11.8 Å². The van der Waals surface area contributed by atoms with Crippen LogP contribution < -0.4 is 4.74 Å². The summed E-state index contributed by atoms with van der Waals surface area (Å²) in [4.78, 5) is 14.8. The topological polar surface area (TPSA) is 42.7 Å². The van der Waals surface area contributed by atoms with Gasteiger partial charge in [0.1, 0.15) is 11.3 Å². The average Bonchev–Trinajstić information content (AvgIpc) is 2.84. The quantitative estimate of drug-likeness (QED) is 0.795. The van der Waals surface area contributed by atoms with Gasteiger partial charge in [-0.2, -0.15) is 0 Å². The van der Waals surface area contributed by atoms with E-state index in [1.54, 1.807) is 19.2 Å². The molecule has 22 heavy (non-hydrogen) atoms. The maximum Gasteiger partial charge on any atom is 0.254 e. The van der Waals surface area contributed by atoms with E-state index in [0.29, 0.717) is 33.4 Å². The molecule has 0 radical (unpaired) electrons. The molecular weight excluding hydrogens is 346 g/mol. The van der Waals surface area contributed by atoms with Crippen molar-refractivity contribution in [2.45, 2.75) is 20.3 Å². The first-order valence-electron chi connectivity index (χ1n) is 7.54. The molecule has 0 saturated carbocycles. The Balaban J connectivity index is 1.96. The van der Waals surface area contributed by atoms with Crippen LogP contribution in [-0.4, -0.2) is 31.0 Å². The van der Waals surface area contributed by atoms with E-state index < -0.39 is 0 Å². The smallest absolute Gasteiger partial charge is 0.254 e. The van der Waals surface area contributed by atoms with Crippen LogP contribution in [0, 0.1) is 11.8 Å². The fourth-order valence-corrected chi connectivity index (χ4v) is 3.78. The molecule has 3 rings (SSSR count). The molecule has 1 aliphatic heterocycles. The van der Waals surface area contributed by atoms with Crippen LogP contribution in [0.4, 0.5) is 0 Å². The molecule has 0 N–H and O–H groups in total. The van der Waals surface area contributed by atoms with Crippen LogP contribution >= 0.6 is 15.9 Å². The second kappa shape index (κ2) is 5.95. The van der Waals surface area contributed by atoms with Crippen LogP contribution in [-0.2, 0) is 0 Å². The molecule has 2 heterocycles. The number of fused-ring (bicyclic) bond motifs is 1. The van der Waals surface area contributed by atoms with E-state index >= 15 is 0 Å². The maximum atomic E-state index is 12.8. The fourth-order valence-electron chi connectivity index (χ4n) is 3.38. The van der Waals surface area contributed by atoms with Crippen LogP contribution in [0.25, 0.3) is 11.0 Å². The van der Waals surface area contributed by atoms with Gasteiger partial charge in [-0.15, -0.1) is 0 Å². The summed E-state index contributed by atoms with van der Waals surface area (Å²) in [5.74, 6) is 1.78. The lowest BCUT2D eigenvalue weighted by Crippen LogP contribution is -2.42. The molecular formula is C17H20BrNO3. The molecule has 1 amide bonds. The molecule has 1 fully saturated rings. The van der Waals surface area contributed by atoms with Crippen LogP contribution in [0.1, 0.15) is 30.6 Å². The molecule has 5 heteroatoms. The SMILES string of the molecule is COc1cc(C(=O)N2CC(C)CC(C)C2)cc2oc(Br)cc12. The summed E-state index contributed by atoms with van der Waals surface area (Å²) >= 11 is 3.32. The summed E-state index contributed by atoms with van der Waals surface area (Å²) in [5, 5.41) is 0.867. The first-order valence-corrected chi connectivity index (χ1v) is 8.33. The number of methoxy groups -OCH3 is 1. The van der Waals surface area contributed by atoms with Crippen molar-refractivity contribution in [2.75, 3.05) is 20.2 Å². The zero-order valence-electron chi connectivity index (χ0n) is 13.1. The highest BCUT2D eigenvalue weighted by Crippen LogP contribution is 2.33. The Morgan fingerprint density at radius 3 is 2.59 bits per heavy atom.